The molecule has 2 aromatic rings. The quantitative estimate of drug-likeness (QED) is 0.316. The van der Waals surface area contributed by atoms with E-state index in [1.165, 1.54) is 6.07 Å². The van der Waals surface area contributed by atoms with Crippen LogP contribution in [-0.2, 0) is 6.42 Å². The van der Waals surface area contributed by atoms with Crippen LogP contribution in [0.2, 0.25) is 0 Å². The number of alkyl halides is 2. The van der Waals surface area contributed by atoms with E-state index in [2.05, 4.69) is 0 Å². The van der Waals surface area contributed by atoms with Gasteiger partial charge in [0.2, 0.25) is 11.6 Å². The summed E-state index contributed by atoms with van der Waals surface area (Å²) >= 11 is 0. The maximum Gasteiger partial charge on any atom is 0.254 e. The molecule has 0 saturated heterocycles. The Bertz CT molecular complexity index is 970. The Morgan fingerprint density at radius 3 is 2.00 bits per heavy atom. The molecule has 0 unspecified atom stereocenters. The van der Waals surface area contributed by atoms with Crippen molar-refractivity contribution >= 4 is 0 Å². The first-order valence-electron chi connectivity index (χ1n) is 11.8. The lowest BCUT2D eigenvalue weighted by molar-refractivity contribution is -0.0856. The highest BCUT2D eigenvalue weighted by Gasteiger charge is 2.41. The normalized spacial score (nSPS) is 18.7. The topological polar surface area (TPSA) is 18.5 Å². The van der Waals surface area contributed by atoms with Crippen LogP contribution in [0.15, 0.2) is 24.3 Å². The van der Waals surface area contributed by atoms with E-state index < -0.39 is 53.9 Å². The number of benzene rings is 2. The number of ether oxygens (including phenoxy) is 2. The number of rotatable bonds is 10. The van der Waals surface area contributed by atoms with Crippen molar-refractivity contribution < 1.29 is 35.8 Å². The zero-order valence-electron chi connectivity index (χ0n) is 19.4. The summed E-state index contributed by atoms with van der Waals surface area (Å²) in [6.45, 7) is 3.16. The summed E-state index contributed by atoms with van der Waals surface area (Å²) in [5.41, 5.74) is 0.572. The maximum atomic E-state index is 14.8. The van der Waals surface area contributed by atoms with Crippen LogP contribution in [0.3, 0.4) is 0 Å². The van der Waals surface area contributed by atoms with Gasteiger partial charge in [0, 0.05) is 12.3 Å². The molecule has 1 saturated carbocycles. The van der Waals surface area contributed by atoms with Crippen molar-refractivity contribution in [3.8, 4) is 11.5 Å². The Kier molecular flexibility index (Phi) is 8.77. The summed E-state index contributed by atoms with van der Waals surface area (Å²) in [7, 11) is 0. The molecule has 1 aliphatic rings. The van der Waals surface area contributed by atoms with Crippen molar-refractivity contribution in [2.75, 3.05) is 13.2 Å². The fraction of sp³-hybridized carbons (Fsp3) is 0.538. The van der Waals surface area contributed by atoms with Gasteiger partial charge in [0.25, 0.3) is 5.92 Å². The van der Waals surface area contributed by atoms with E-state index in [0.717, 1.165) is 6.07 Å². The number of halogens is 6. The molecule has 2 nitrogen and oxygen atoms in total. The largest absolute Gasteiger partial charge is 0.491 e. The van der Waals surface area contributed by atoms with E-state index in [9.17, 15) is 26.3 Å². The standard InChI is InChI=1S/C26H30F6O2/c1-3-5-17-8-11-19(23(28)22(17)27)16-6-9-18(10-7-16)26(31,32)14-15-34-21-13-12-20(33-4-2)24(29)25(21)30/h8,11-13,16,18H,3-7,9-10,14-15H2,1-2H3. The van der Waals surface area contributed by atoms with Crippen molar-refractivity contribution in [2.45, 2.75) is 70.6 Å². The van der Waals surface area contributed by atoms with Gasteiger partial charge in [-0.3, -0.25) is 0 Å². The van der Waals surface area contributed by atoms with Crippen LogP contribution in [0.5, 0.6) is 11.5 Å². The summed E-state index contributed by atoms with van der Waals surface area (Å²) in [4.78, 5) is 0. The van der Waals surface area contributed by atoms with Gasteiger partial charge in [0.15, 0.2) is 23.1 Å². The predicted octanol–water partition coefficient (Wildman–Crippen LogP) is 7.97. The van der Waals surface area contributed by atoms with Gasteiger partial charge in [-0.05, 0) is 68.2 Å². The van der Waals surface area contributed by atoms with Crippen LogP contribution in [0.1, 0.15) is 69.4 Å². The van der Waals surface area contributed by atoms with E-state index in [1.54, 1.807) is 19.1 Å². The number of aryl methyl sites for hydroxylation is 1. The van der Waals surface area contributed by atoms with Crippen molar-refractivity contribution in [1.82, 2.24) is 0 Å². The van der Waals surface area contributed by atoms with E-state index >= 15 is 0 Å². The molecule has 34 heavy (non-hydrogen) atoms. The highest BCUT2D eigenvalue weighted by Crippen LogP contribution is 2.44. The fourth-order valence-electron chi connectivity index (χ4n) is 4.60. The lowest BCUT2D eigenvalue weighted by Gasteiger charge is -2.34. The molecule has 188 valence electrons. The summed E-state index contributed by atoms with van der Waals surface area (Å²) in [5.74, 6) is -9.29. The average Bonchev–Trinajstić information content (AvgIpc) is 2.82. The lowest BCUT2D eigenvalue weighted by Crippen LogP contribution is -2.33. The van der Waals surface area contributed by atoms with E-state index in [4.69, 9.17) is 9.47 Å². The van der Waals surface area contributed by atoms with Crippen LogP contribution in [0, 0.1) is 29.2 Å². The van der Waals surface area contributed by atoms with Crippen LogP contribution >= 0.6 is 0 Å². The lowest BCUT2D eigenvalue weighted by atomic mass is 9.75. The molecule has 2 aromatic carbocycles. The van der Waals surface area contributed by atoms with E-state index in [1.807, 2.05) is 6.92 Å². The Labute approximate surface area is 196 Å². The Balaban J connectivity index is 1.55. The molecule has 0 amide bonds. The molecule has 3 rings (SSSR count). The molecule has 8 heteroatoms. The minimum absolute atomic E-state index is 0.150. The molecule has 1 aliphatic carbocycles. The molecule has 0 radical (unpaired) electrons. The molecule has 0 aromatic heterocycles. The van der Waals surface area contributed by atoms with Gasteiger partial charge in [0.1, 0.15) is 0 Å². The zero-order valence-corrected chi connectivity index (χ0v) is 19.4. The fourth-order valence-corrected chi connectivity index (χ4v) is 4.60. The van der Waals surface area contributed by atoms with E-state index in [0.29, 0.717) is 31.2 Å². The first kappa shape index (κ1) is 26.2. The second kappa shape index (κ2) is 11.4. The molecule has 0 bridgehead atoms. The van der Waals surface area contributed by atoms with Crippen molar-refractivity contribution in [1.29, 1.82) is 0 Å². The zero-order chi connectivity index (χ0) is 24.9. The van der Waals surface area contributed by atoms with Gasteiger partial charge < -0.3 is 9.47 Å². The summed E-state index contributed by atoms with van der Waals surface area (Å²) in [6.07, 6.45) is 1.43. The third-order valence-electron chi connectivity index (χ3n) is 6.48. The predicted molar refractivity (Wildman–Crippen MR) is 118 cm³/mol. The van der Waals surface area contributed by atoms with Gasteiger partial charge in [-0.2, -0.15) is 8.78 Å². The molecule has 0 spiro atoms. The first-order valence-corrected chi connectivity index (χ1v) is 11.8. The molecule has 0 N–H and O–H groups in total. The molecule has 0 aliphatic heterocycles. The van der Waals surface area contributed by atoms with Gasteiger partial charge in [0.05, 0.1) is 13.2 Å². The van der Waals surface area contributed by atoms with Gasteiger partial charge in [-0.25, -0.2) is 17.6 Å². The summed E-state index contributed by atoms with van der Waals surface area (Å²) in [5, 5.41) is 0. The van der Waals surface area contributed by atoms with Crippen LogP contribution in [-0.4, -0.2) is 19.1 Å². The minimum atomic E-state index is -3.08. The Hall–Kier alpha value is -2.38. The van der Waals surface area contributed by atoms with Gasteiger partial charge in [-0.15, -0.1) is 0 Å². The molecular weight excluding hydrogens is 458 g/mol. The van der Waals surface area contributed by atoms with Crippen molar-refractivity contribution in [2.24, 2.45) is 5.92 Å². The average molecular weight is 489 g/mol. The van der Waals surface area contributed by atoms with Crippen molar-refractivity contribution in [3.05, 3.63) is 58.7 Å². The molecule has 1 fully saturated rings. The van der Waals surface area contributed by atoms with E-state index in [-0.39, 0.29) is 36.7 Å². The molecule has 0 atom stereocenters. The Morgan fingerprint density at radius 2 is 1.41 bits per heavy atom. The highest BCUT2D eigenvalue weighted by atomic mass is 19.3. The van der Waals surface area contributed by atoms with Gasteiger partial charge >= 0.3 is 0 Å². The molecule has 0 heterocycles. The minimum Gasteiger partial charge on any atom is -0.491 e. The number of hydrogen-bond donors (Lipinski definition) is 0. The third kappa shape index (κ3) is 5.81. The summed E-state index contributed by atoms with van der Waals surface area (Å²) in [6, 6.07) is 5.49. The smallest absolute Gasteiger partial charge is 0.254 e. The van der Waals surface area contributed by atoms with Crippen molar-refractivity contribution in [3.63, 3.8) is 0 Å². The second-order valence-corrected chi connectivity index (χ2v) is 8.72. The van der Waals surface area contributed by atoms with Crippen LogP contribution < -0.4 is 9.47 Å². The Morgan fingerprint density at radius 1 is 0.794 bits per heavy atom. The SMILES string of the molecule is CCCc1ccc(C2CCC(C(F)(F)CCOc3ccc(OCC)c(F)c3F)CC2)c(F)c1F. The van der Waals surface area contributed by atoms with Crippen LogP contribution in [0.4, 0.5) is 26.3 Å². The molecular formula is C26H30F6O2. The maximum absolute atomic E-state index is 14.8. The second-order valence-electron chi connectivity index (χ2n) is 8.72. The summed E-state index contributed by atoms with van der Waals surface area (Å²) < 4.78 is 96.4. The number of hydrogen-bond acceptors (Lipinski definition) is 2. The van der Waals surface area contributed by atoms with Crippen LogP contribution in [0.25, 0.3) is 0 Å². The highest BCUT2D eigenvalue weighted by molar-refractivity contribution is 5.35. The third-order valence-corrected chi connectivity index (χ3v) is 6.48. The first-order chi connectivity index (χ1) is 16.2. The van der Waals surface area contributed by atoms with Gasteiger partial charge in [-0.1, -0.05) is 25.5 Å². The monoisotopic (exact) mass is 488 g/mol.